The molecule has 1 saturated heterocycles. The fraction of sp³-hybridized carbons (Fsp3) is 0.400. The molecule has 1 unspecified atom stereocenters. The molecule has 2 aliphatic heterocycles. The highest BCUT2D eigenvalue weighted by Crippen LogP contribution is 2.30. The van der Waals surface area contributed by atoms with E-state index in [9.17, 15) is 0 Å². The van der Waals surface area contributed by atoms with Crippen LogP contribution in [-0.4, -0.2) is 33.9 Å². The highest BCUT2D eigenvalue weighted by atomic mass is 35.5. The van der Waals surface area contributed by atoms with Crippen molar-refractivity contribution in [3.05, 3.63) is 30.1 Å². The average Bonchev–Trinajstić information content (AvgIpc) is 2.78. The quantitative estimate of drug-likeness (QED) is 0.789. The number of hydrogen-bond acceptors (Lipinski definition) is 4. The molecule has 6 heteroatoms. The fourth-order valence-corrected chi connectivity index (χ4v) is 2.88. The average molecular weight is 278 g/mol. The Morgan fingerprint density at radius 3 is 2.88 bits per heavy atom. The first-order valence-corrected chi connectivity index (χ1v) is 5.78. The van der Waals surface area contributed by atoms with E-state index in [1.165, 1.54) is 10.9 Å². The largest absolute Gasteiger partial charge is 0.348 e. The molecule has 0 aliphatic carbocycles. The second-order valence-corrected chi connectivity index (χ2v) is 4.54. The number of nitrogens with zero attached hydrogens (tertiary/aromatic N) is 3. The van der Waals surface area contributed by atoms with Crippen molar-refractivity contribution < 1.29 is 0 Å². The molecule has 3 heterocycles. The van der Waals surface area contributed by atoms with Gasteiger partial charge in [0.25, 0.3) is 0 Å². The van der Waals surface area contributed by atoms with Crippen LogP contribution in [0.15, 0.2) is 29.4 Å². The maximum absolute atomic E-state index is 4.66. The van der Waals surface area contributed by atoms with Gasteiger partial charge >= 0.3 is 0 Å². The summed E-state index contributed by atoms with van der Waals surface area (Å²) in [5, 5.41) is 1.21. The number of hydrogen-bond donors (Lipinski definition) is 0. The molecule has 0 aromatic carbocycles. The van der Waals surface area contributed by atoms with E-state index in [1.807, 2.05) is 30.1 Å². The Morgan fingerprint density at radius 2 is 2.19 bits per heavy atom. The van der Waals surface area contributed by atoms with Gasteiger partial charge in [-0.05, 0) is 12.1 Å². The van der Waals surface area contributed by atoms with Crippen LogP contribution in [-0.2, 0) is 0 Å². The Labute approximate surface area is 112 Å². The fourth-order valence-electron chi connectivity index (χ4n) is 1.84. The first-order chi connectivity index (χ1) is 6.93. The summed E-state index contributed by atoms with van der Waals surface area (Å²) in [5.74, 6) is 1.19. The SMILES string of the molecule is Cl.Cl.c1ccc(C2CN3CCSC3=N2)nc1. The third kappa shape index (κ3) is 2.44. The summed E-state index contributed by atoms with van der Waals surface area (Å²) in [6, 6.07) is 6.29. The topological polar surface area (TPSA) is 28.5 Å². The van der Waals surface area contributed by atoms with Crippen LogP contribution in [0.3, 0.4) is 0 Å². The minimum atomic E-state index is 0. The summed E-state index contributed by atoms with van der Waals surface area (Å²) in [4.78, 5) is 11.4. The number of halogens is 2. The van der Waals surface area contributed by atoms with Crippen LogP contribution in [0.5, 0.6) is 0 Å². The number of fused-ring (bicyclic) bond motifs is 1. The van der Waals surface area contributed by atoms with Crippen LogP contribution in [0.2, 0.25) is 0 Å². The Balaban J connectivity index is 0.000000640. The summed E-state index contributed by atoms with van der Waals surface area (Å²) in [6.45, 7) is 2.16. The second kappa shape index (κ2) is 5.75. The Hall–Kier alpha value is -0.450. The van der Waals surface area contributed by atoms with E-state index in [0.717, 1.165) is 18.8 Å². The lowest BCUT2D eigenvalue weighted by molar-refractivity contribution is 0.460. The van der Waals surface area contributed by atoms with Gasteiger partial charge in [-0.25, -0.2) is 0 Å². The molecule has 88 valence electrons. The maximum atomic E-state index is 4.66. The molecule has 1 atom stereocenters. The first kappa shape index (κ1) is 13.6. The molecule has 2 aliphatic rings. The minimum Gasteiger partial charge on any atom is -0.348 e. The van der Waals surface area contributed by atoms with Gasteiger partial charge in [-0.2, -0.15) is 0 Å². The summed E-state index contributed by atoms with van der Waals surface area (Å²) in [7, 11) is 0. The number of pyridine rings is 1. The standard InChI is InChI=1S/C10H11N3S.2ClH/c1-2-4-11-8(3-1)9-7-13-5-6-14-10(13)12-9;;/h1-4,9H,5-7H2;2*1H. The number of amidine groups is 1. The summed E-state index contributed by atoms with van der Waals surface area (Å²) in [6.07, 6.45) is 1.84. The van der Waals surface area contributed by atoms with Crippen LogP contribution in [0.4, 0.5) is 0 Å². The van der Waals surface area contributed by atoms with E-state index >= 15 is 0 Å². The highest BCUT2D eigenvalue weighted by molar-refractivity contribution is 8.14. The Kier molecular flexibility index (Phi) is 4.89. The van der Waals surface area contributed by atoms with Gasteiger partial charge in [0.2, 0.25) is 0 Å². The number of aliphatic imine (C=N–C) groups is 1. The van der Waals surface area contributed by atoms with E-state index in [-0.39, 0.29) is 30.9 Å². The molecule has 0 bridgehead atoms. The van der Waals surface area contributed by atoms with Crippen molar-refractivity contribution in [1.82, 2.24) is 9.88 Å². The maximum Gasteiger partial charge on any atom is 0.160 e. The summed E-state index contributed by atoms with van der Waals surface area (Å²) in [5.41, 5.74) is 1.09. The summed E-state index contributed by atoms with van der Waals surface area (Å²) >= 11 is 1.86. The predicted octanol–water partition coefficient (Wildman–Crippen LogP) is 2.38. The third-order valence-electron chi connectivity index (χ3n) is 2.55. The number of aromatic nitrogens is 1. The molecular formula is C10H13Cl2N3S. The molecule has 16 heavy (non-hydrogen) atoms. The zero-order valence-electron chi connectivity index (χ0n) is 8.57. The third-order valence-corrected chi connectivity index (χ3v) is 3.56. The molecule has 3 nitrogen and oxygen atoms in total. The van der Waals surface area contributed by atoms with Crippen LogP contribution >= 0.6 is 36.6 Å². The molecule has 1 aromatic rings. The van der Waals surface area contributed by atoms with Crippen molar-refractivity contribution in [3.63, 3.8) is 0 Å². The molecule has 0 spiro atoms. The molecule has 1 fully saturated rings. The van der Waals surface area contributed by atoms with Crippen molar-refractivity contribution in [2.45, 2.75) is 6.04 Å². The van der Waals surface area contributed by atoms with Crippen LogP contribution in [0.1, 0.15) is 11.7 Å². The van der Waals surface area contributed by atoms with Crippen molar-refractivity contribution in [2.24, 2.45) is 4.99 Å². The van der Waals surface area contributed by atoms with Gasteiger partial charge in [-0.15, -0.1) is 24.8 Å². The monoisotopic (exact) mass is 277 g/mol. The van der Waals surface area contributed by atoms with Crippen molar-refractivity contribution >= 4 is 41.7 Å². The molecule has 0 N–H and O–H groups in total. The minimum absolute atomic E-state index is 0. The molecule has 3 rings (SSSR count). The lowest BCUT2D eigenvalue weighted by Gasteiger charge is -2.11. The van der Waals surface area contributed by atoms with Crippen molar-refractivity contribution in [3.8, 4) is 0 Å². The van der Waals surface area contributed by atoms with Crippen molar-refractivity contribution in [2.75, 3.05) is 18.8 Å². The van der Waals surface area contributed by atoms with E-state index in [4.69, 9.17) is 0 Å². The van der Waals surface area contributed by atoms with Gasteiger partial charge in [-0.1, -0.05) is 17.8 Å². The lowest BCUT2D eigenvalue weighted by atomic mass is 10.2. The van der Waals surface area contributed by atoms with E-state index in [1.54, 1.807) is 0 Å². The van der Waals surface area contributed by atoms with Gasteiger partial charge < -0.3 is 4.90 Å². The van der Waals surface area contributed by atoms with Gasteiger partial charge in [-0.3, -0.25) is 9.98 Å². The predicted molar refractivity (Wildman–Crippen MR) is 72.9 cm³/mol. The molecule has 1 aromatic heterocycles. The molecule has 0 radical (unpaired) electrons. The van der Waals surface area contributed by atoms with E-state index < -0.39 is 0 Å². The zero-order valence-corrected chi connectivity index (χ0v) is 11.0. The molecule has 0 amide bonds. The van der Waals surface area contributed by atoms with Gasteiger partial charge in [0.1, 0.15) is 6.04 Å². The Bertz CT molecular complexity index is 372. The van der Waals surface area contributed by atoms with Crippen LogP contribution in [0.25, 0.3) is 0 Å². The van der Waals surface area contributed by atoms with Gasteiger partial charge in [0, 0.05) is 25.0 Å². The second-order valence-electron chi connectivity index (χ2n) is 3.48. The van der Waals surface area contributed by atoms with E-state index in [0.29, 0.717) is 0 Å². The number of rotatable bonds is 1. The van der Waals surface area contributed by atoms with Crippen LogP contribution < -0.4 is 0 Å². The normalized spacial score (nSPS) is 21.9. The highest BCUT2D eigenvalue weighted by Gasteiger charge is 2.30. The van der Waals surface area contributed by atoms with Crippen molar-refractivity contribution in [1.29, 1.82) is 0 Å². The summed E-state index contributed by atoms with van der Waals surface area (Å²) < 4.78 is 0. The van der Waals surface area contributed by atoms with E-state index in [2.05, 4.69) is 20.9 Å². The first-order valence-electron chi connectivity index (χ1n) is 4.80. The van der Waals surface area contributed by atoms with Crippen LogP contribution in [0, 0.1) is 0 Å². The van der Waals surface area contributed by atoms with Gasteiger partial charge in [0.05, 0.1) is 5.69 Å². The number of thioether (sulfide) groups is 1. The Morgan fingerprint density at radius 1 is 1.31 bits per heavy atom. The molecular weight excluding hydrogens is 265 g/mol. The molecule has 0 saturated carbocycles. The smallest absolute Gasteiger partial charge is 0.160 e. The zero-order chi connectivity index (χ0) is 9.38. The van der Waals surface area contributed by atoms with Gasteiger partial charge in [0.15, 0.2) is 5.17 Å². The lowest BCUT2D eigenvalue weighted by Crippen LogP contribution is -2.22.